The smallest absolute Gasteiger partial charge is 0.253 e. The Morgan fingerprint density at radius 1 is 1.05 bits per heavy atom. The molecule has 5 nitrogen and oxygen atoms in total. The second-order valence-electron chi connectivity index (χ2n) is 4.69. The molecule has 1 aromatic rings. The fraction of sp³-hybridized carbons (Fsp3) is 0.500. The Balaban J connectivity index is 1.60. The van der Waals surface area contributed by atoms with Gasteiger partial charge in [0, 0.05) is 17.9 Å². The van der Waals surface area contributed by atoms with Crippen LogP contribution >= 0.6 is 0 Å². The van der Waals surface area contributed by atoms with Crippen LogP contribution in [0.5, 0.6) is 0 Å². The minimum absolute atomic E-state index is 0.0707. The van der Waals surface area contributed by atoms with Crippen molar-refractivity contribution in [3.05, 3.63) is 29.8 Å². The highest BCUT2D eigenvalue weighted by Crippen LogP contribution is 2.24. The SMILES string of the molecule is O=C(Nc1ccc(C2OCCO2)cc1)C1CCCO1. The van der Waals surface area contributed by atoms with Gasteiger partial charge in [-0.05, 0) is 25.0 Å². The summed E-state index contributed by atoms with van der Waals surface area (Å²) in [5.41, 5.74) is 1.73. The second-order valence-corrected chi connectivity index (χ2v) is 4.69. The summed E-state index contributed by atoms with van der Waals surface area (Å²) in [6, 6.07) is 7.52. The van der Waals surface area contributed by atoms with Gasteiger partial charge in [0.05, 0.1) is 13.2 Å². The van der Waals surface area contributed by atoms with Gasteiger partial charge in [0.15, 0.2) is 6.29 Å². The fourth-order valence-corrected chi connectivity index (χ4v) is 2.28. The second kappa shape index (κ2) is 5.69. The Kier molecular flexibility index (Phi) is 3.77. The zero-order valence-corrected chi connectivity index (χ0v) is 10.6. The van der Waals surface area contributed by atoms with Gasteiger partial charge in [-0.1, -0.05) is 12.1 Å². The van der Waals surface area contributed by atoms with Crippen molar-refractivity contribution in [1.82, 2.24) is 0 Å². The molecule has 0 saturated carbocycles. The van der Waals surface area contributed by atoms with Gasteiger partial charge >= 0.3 is 0 Å². The lowest BCUT2D eigenvalue weighted by molar-refractivity contribution is -0.124. The highest BCUT2D eigenvalue weighted by Gasteiger charge is 2.23. The third-order valence-corrected chi connectivity index (χ3v) is 3.29. The van der Waals surface area contributed by atoms with Gasteiger partial charge in [-0.15, -0.1) is 0 Å². The molecule has 1 aromatic carbocycles. The van der Waals surface area contributed by atoms with Crippen molar-refractivity contribution < 1.29 is 19.0 Å². The molecule has 2 aliphatic rings. The van der Waals surface area contributed by atoms with Crippen LogP contribution in [0.2, 0.25) is 0 Å². The molecule has 5 heteroatoms. The van der Waals surface area contributed by atoms with E-state index in [0.717, 1.165) is 24.1 Å². The van der Waals surface area contributed by atoms with Crippen LogP contribution in [0.3, 0.4) is 0 Å². The lowest BCUT2D eigenvalue weighted by Crippen LogP contribution is -2.26. The summed E-state index contributed by atoms with van der Waals surface area (Å²) < 4.78 is 16.2. The van der Waals surface area contributed by atoms with E-state index in [-0.39, 0.29) is 18.3 Å². The summed E-state index contributed by atoms with van der Waals surface area (Å²) in [6.45, 7) is 1.93. The van der Waals surface area contributed by atoms with Crippen LogP contribution in [0.4, 0.5) is 5.69 Å². The number of carbonyl (C=O) groups excluding carboxylic acids is 1. The van der Waals surface area contributed by atoms with Crippen molar-refractivity contribution >= 4 is 11.6 Å². The van der Waals surface area contributed by atoms with E-state index >= 15 is 0 Å². The molecule has 2 heterocycles. The molecule has 0 spiro atoms. The number of amides is 1. The molecular weight excluding hydrogens is 246 g/mol. The van der Waals surface area contributed by atoms with Crippen molar-refractivity contribution in [2.24, 2.45) is 0 Å². The Hall–Kier alpha value is -1.43. The highest BCUT2D eigenvalue weighted by molar-refractivity contribution is 5.94. The maximum Gasteiger partial charge on any atom is 0.253 e. The molecule has 102 valence electrons. The van der Waals surface area contributed by atoms with E-state index in [0.29, 0.717) is 19.8 Å². The van der Waals surface area contributed by atoms with Gasteiger partial charge in [0.25, 0.3) is 5.91 Å². The van der Waals surface area contributed by atoms with Crippen LogP contribution in [0, 0.1) is 0 Å². The van der Waals surface area contributed by atoms with Crippen molar-refractivity contribution in [2.75, 3.05) is 25.1 Å². The Labute approximate surface area is 111 Å². The number of carbonyl (C=O) groups is 1. The third kappa shape index (κ3) is 2.94. The summed E-state index contributed by atoms with van der Waals surface area (Å²) in [6.07, 6.45) is 1.17. The van der Waals surface area contributed by atoms with Crippen LogP contribution in [0.25, 0.3) is 0 Å². The highest BCUT2D eigenvalue weighted by atomic mass is 16.7. The van der Waals surface area contributed by atoms with Crippen molar-refractivity contribution in [3.8, 4) is 0 Å². The number of nitrogens with one attached hydrogen (secondary N) is 1. The van der Waals surface area contributed by atoms with E-state index in [4.69, 9.17) is 14.2 Å². The zero-order valence-electron chi connectivity index (χ0n) is 10.6. The van der Waals surface area contributed by atoms with Crippen molar-refractivity contribution in [2.45, 2.75) is 25.2 Å². The lowest BCUT2D eigenvalue weighted by atomic mass is 10.2. The number of anilines is 1. The molecule has 2 aliphatic heterocycles. The lowest BCUT2D eigenvalue weighted by Gasteiger charge is -2.12. The van der Waals surface area contributed by atoms with E-state index in [9.17, 15) is 4.79 Å². The molecule has 1 atom stereocenters. The molecule has 1 unspecified atom stereocenters. The summed E-state index contributed by atoms with van der Waals surface area (Å²) in [4.78, 5) is 11.9. The largest absolute Gasteiger partial charge is 0.368 e. The molecule has 19 heavy (non-hydrogen) atoms. The van der Waals surface area contributed by atoms with Gasteiger partial charge in [0.2, 0.25) is 0 Å². The van der Waals surface area contributed by atoms with Gasteiger partial charge in [-0.25, -0.2) is 0 Å². The number of hydrogen-bond donors (Lipinski definition) is 1. The fourth-order valence-electron chi connectivity index (χ4n) is 2.28. The Morgan fingerprint density at radius 2 is 1.79 bits per heavy atom. The summed E-state index contributed by atoms with van der Waals surface area (Å²) in [7, 11) is 0. The minimum atomic E-state index is -0.304. The molecule has 2 fully saturated rings. The number of rotatable bonds is 3. The van der Waals surface area contributed by atoms with Crippen LogP contribution in [-0.4, -0.2) is 31.8 Å². The standard InChI is InChI=1S/C14H17NO4/c16-13(12-2-1-7-17-12)15-11-5-3-10(4-6-11)14-18-8-9-19-14/h3-6,12,14H,1-2,7-9H2,(H,15,16). The first-order valence-electron chi connectivity index (χ1n) is 6.58. The maximum atomic E-state index is 11.9. The van der Waals surface area contributed by atoms with Crippen LogP contribution in [-0.2, 0) is 19.0 Å². The molecular formula is C14H17NO4. The van der Waals surface area contributed by atoms with Gasteiger partial charge in [-0.2, -0.15) is 0 Å². The molecule has 0 bridgehead atoms. The summed E-state index contributed by atoms with van der Waals surface area (Å²) in [5.74, 6) is -0.0707. The van der Waals surface area contributed by atoms with Crippen molar-refractivity contribution in [1.29, 1.82) is 0 Å². The first-order chi connectivity index (χ1) is 9.33. The average Bonchev–Trinajstić information content (AvgIpc) is 3.13. The first-order valence-corrected chi connectivity index (χ1v) is 6.58. The predicted molar refractivity (Wildman–Crippen MR) is 68.7 cm³/mol. The van der Waals surface area contributed by atoms with Gasteiger partial charge < -0.3 is 19.5 Å². The molecule has 3 rings (SSSR count). The van der Waals surface area contributed by atoms with E-state index in [1.807, 2.05) is 24.3 Å². The molecule has 0 aliphatic carbocycles. The Bertz CT molecular complexity index is 433. The maximum absolute atomic E-state index is 11.9. The molecule has 2 saturated heterocycles. The number of hydrogen-bond acceptors (Lipinski definition) is 4. The topological polar surface area (TPSA) is 56.8 Å². The zero-order chi connectivity index (χ0) is 13.1. The first kappa shape index (κ1) is 12.6. The van der Waals surface area contributed by atoms with Crippen LogP contribution < -0.4 is 5.32 Å². The van der Waals surface area contributed by atoms with Crippen LogP contribution in [0.1, 0.15) is 24.7 Å². The Morgan fingerprint density at radius 3 is 2.42 bits per heavy atom. The van der Waals surface area contributed by atoms with E-state index in [2.05, 4.69) is 5.32 Å². The molecule has 0 radical (unpaired) electrons. The summed E-state index contributed by atoms with van der Waals surface area (Å²) >= 11 is 0. The van der Waals surface area contributed by atoms with E-state index < -0.39 is 0 Å². The number of benzene rings is 1. The van der Waals surface area contributed by atoms with E-state index in [1.54, 1.807) is 0 Å². The molecule has 1 amide bonds. The molecule has 0 aromatic heterocycles. The molecule has 1 N–H and O–H groups in total. The average molecular weight is 263 g/mol. The normalized spacial score (nSPS) is 23.7. The predicted octanol–water partition coefficient (Wildman–Crippen LogP) is 1.85. The van der Waals surface area contributed by atoms with E-state index in [1.165, 1.54) is 0 Å². The summed E-state index contributed by atoms with van der Waals surface area (Å²) in [5, 5.41) is 2.86. The van der Waals surface area contributed by atoms with Gasteiger partial charge in [0.1, 0.15) is 6.10 Å². The van der Waals surface area contributed by atoms with Crippen molar-refractivity contribution in [3.63, 3.8) is 0 Å². The third-order valence-electron chi connectivity index (χ3n) is 3.29. The monoisotopic (exact) mass is 263 g/mol. The van der Waals surface area contributed by atoms with Gasteiger partial charge in [-0.3, -0.25) is 4.79 Å². The minimum Gasteiger partial charge on any atom is -0.368 e. The number of ether oxygens (including phenoxy) is 3. The van der Waals surface area contributed by atoms with Crippen LogP contribution in [0.15, 0.2) is 24.3 Å². The quantitative estimate of drug-likeness (QED) is 0.904.